The van der Waals surface area contributed by atoms with Crippen LogP contribution in [-0.4, -0.2) is 45.3 Å². The number of carbonyl (C=O) groups is 1. The van der Waals surface area contributed by atoms with E-state index in [2.05, 4.69) is 5.32 Å². The molecule has 2 unspecified atom stereocenters. The molecule has 2 atom stereocenters. The monoisotopic (exact) mass is 403 g/mol. The predicted octanol–water partition coefficient (Wildman–Crippen LogP) is 4.14. The van der Waals surface area contributed by atoms with Crippen LogP contribution in [0.1, 0.15) is 17.2 Å². The van der Waals surface area contributed by atoms with Crippen LogP contribution in [0.25, 0.3) is 0 Å². The van der Waals surface area contributed by atoms with Crippen LogP contribution in [0.5, 0.6) is 0 Å². The maximum absolute atomic E-state index is 13.4. The van der Waals surface area contributed by atoms with E-state index in [0.717, 1.165) is 16.8 Å². The number of amides is 2. The van der Waals surface area contributed by atoms with E-state index >= 15 is 0 Å². The van der Waals surface area contributed by atoms with E-state index in [1.54, 1.807) is 30.7 Å². The molecule has 3 rings (SSSR count). The molecule has 1 heterocycles. The van der Waals surface area contributed by atoms with Gasteiger partial charge in [0, 0.05) is 26.1 Å². The lowest BCUT2D eigenvalue weighted by Crippen LogP contribution is -2.35. The van der Waals surface area contributed by atoms with Crippen LogP contribution in [-0.2, 0) is 20.2 Å². The summed E-state index contributed by atoms with van der Waals surface area (Å²) in [6.07, 6.45) is -0.0165. The maximum Gasteiger partial charge on any atom is 0.326 e. The molecule has 0 radical (unpaired) electrons. The lowest BCUT2D eigenvalue weighted by molar-refractivity contribution is 0.158. The first-order valence-corrected chi connectivity index (χ1v) is 10.8. The summed E-state index contributed by atoms with van der Waals surface area (Å²) in [4.78, 5) is 14.4. The average molecular weight is 403 g/mol. The van der Waals surface area contributed by atoms with E-state index in [9.17, 15) is 9.36 Å². The van der Waals surface area contributed by atoms with Gasteiger partial charge in [-0.1, -0.05) is 36.4 Å². The summed E-state index contributed by atoms with van der Waals surface area (Å²) in [6, 6.07) is 15.0. The van der Waals surface area contributed by atoms with Crippen molar-refractivity contribution in [3.05, 3.63) is 59.7 Å². The van der Waals surface area contributed by atoms with Gasteiger partial charge in [0.25, 0.3) is 7.52 Å². The standard InChI is InChI=1S/C20H26N3O4P/c1-21-20(24)23-17-11-7-5-9-15(17)13-19(16-10-6-8-12-18(16)23)27-28(25,14-26-4)22(2)3/h5-12,19H,13-14H2,1-4H3,(H,21,24). The summed E-state index contributed by atoms with van der Waals surface area (Å²) in [6.45, 7) is 0. The quantitative estimate of drug-likeness (QED) is 0.760. The third-order valence-electron chi connectivity index (χ3n) is 4.77. The summed E-state index contributed by atoms with van der Waals surface area (Å²) in [5, 5.41) is 2.71. The zero-order valence-corrected chi connectivity index (χ0v) is 17.5. The highest BCUT2D eigenvalue weighted by Gasteiger charge is 2.36. The molecule has 8 heteroatoms. The van der Waals surface area contributed by atoms with E-state index in [1.165, 1.54) is 7.11 Å². The van der Waals surface area contributed by atoms with E-state index in [1.807, 2.05) is 48.5 Å². The third-order valence-corrected chi connectivity index (χ3v) is 7.16. The normalized spacial score (nSPS) is 18.0. The van der Waals surface area contributed by atoms with Gasteiger partial charge < -0.3 is 14.6 Å². The smallest absolute Gasteiger partial charge is 0.326 e. The zero-order chi connectivity index (χ0) is 20.3. The van der Waals surface area contributed by atoms with Crippen LogP contribution >= 0.6 is 7.52 Å². The van der Waals surface area contributed by atoms with Gasteiger partial charge >= 0.3 is 6.03 Å². The van der Waals surface area contributed by atoms with Crippen molar-refractivity contribution >= 4 is 24.9 Å². The molecule has 0 fully saturated rings. The number of anilines is 2. The second kappa shape index (κ2) is 8.45. The highest BCUT2D eigenvalue weighted by Crippen LogP contribution is 2.55. The molecule has 0 aliphatic carbocycles. The minimum Gasteiger partial charge on any atom is -0.373 e. The topological polar surface area (TPSA) is 71.1 Å². The van der Waals surface area contributed by atoms with Gasteiger partial charge in [0.05, 0.1) is 17.5 Å². The minimum atomic E-state index is -3.20. The van der Waals surface area contributed by atoms with Crippen molar-refractivity contribution in [2.45, 2.75) is 12.5 Å². The van der Waals surface area contributed by atoms with Gasteiger partial charge in [0.15, 0.2) is 0 Å². The molecule has 1 N–H and O–H groups in total. The molecule has 0 saturated carbocycles. The Labute approximate surface area is 165 Å². The van der Waals surface area contributed by atoms with Gasteiger partial charge in [-0.2, -0.15) is 0 Å². The molecule has 2 amide bonds. The maximum atomic E-state index is 13.4. The van der Waals surface area contributed by atoms with Crippen molar-refractivity contribution < 1.29 is 18.6 Å². The second-order valence-electron chi connectivity index (χ2n) is 6.78. The summed E-state index contributed by atoms with van der Waals surface area (Å²) in [7, 11) is 3.33. The molecule has 2 aromatic rings. The Hall–Kier alpha value is -2.18. The Bertz CT molecular complexity index is 903. The fourth-order valence-electron chi connectivity index (χ4n) is 3.33. The van der Waals surface area contributed by atoms with Crippen LogP contribution in [0, 0.1) is 0 Å². The van der Waals surface area contributed by atoms with E-state index < -0.39 is 13.6 Å². The second-order valence-corrected chi connectivity index (χ2v) is 9.32. The largest absolute Gasteiger partial charge is 0.373 e. The van der Waals surface area contributed by atoms with Crippen LogP contribution in [0.3, 0.4) is 0 Å². The molecular formula is C20H26N3O4P. The Kier molecular flexibility index (Phi) is 6.20. The summed E-state index contributed by atoms with van der Waals surface area (Å²) < 4.78 is 26.3. The highest BCUT2D eigenvalue weighted by atomic mass is 31.2. The number of para-hydroxylation sites is 2. The number of urea groups is 1. The summed E-state index contributed by atoms with van der Waals surface area (Å²) >= 11 is 0. The Morgan fingerprint density at radius 1 is 1.18 bits per heavy atom. The SMILES string of the molecule is CNC(=O)N1c2ccccc2CC(OP(=O)(COC)N(C)C)c2ccccc21. The van der Waals surface area contributed by atoms with Gasteiger partial charge in [-0.25, -0.2) is 9.46 Å². The number of nitrogens with one attached hydrogen (secondary N) is 1. The molecule has 0 spiro atoms. The molecule has 1 aliphatic rings. The lowest BCUT2D eigenvalue weighted by atomic mass is 10.0. The van der Waals surface area contributed by atoms with E-state index in [0.29, 0.717) is 12.1 Å². The fourth-order valence-corrected chi connectivity index (χ4v) is 4.72. The number of methoxy groups -OCH3 is 1. The third kappa shape index (κ3) is 3.84. The molecule has 28 heavy (non-hydrogen) atoms. The first kappa shape index (κ1) is 20.6. The molecule has 7 nitrogen and oxygen atoms in total. The number of fused-ring (bicyclic) bond motifs is 2. The summed E-state index contributed by atoms with van der Waals surface area (Å²) in [5.74, 6) is 0. The highest BCUT2D eigenvalue weighted by molar-refractivity contribution is 7.56. The van der Waals surface area contributed by atoms with Gasteiger partial charge in [-0.3, -0.25) is 9.46 Å². The van der Waals surface area contributed by atoms with Gasteiger partial charge in [0.1, 0.15) is 6.35 Å². The van der Waals surface area contributed by atoms with Gasteiger partial charge in [-0.15, -0.1) is 0 Å². The van der Waals surface area contributed by atoms with Crippen LogP contribution in [0.4, 0.5) is 16.2 Å². The van der Waals surface area contributed by atoms with Crippen molar-refractivity contribution in [3.8, 4) is 0 Å². The summed E-state index contributed by atoms with van der Waals surface area (Å²) in [5.41, 5.74) is 3.24. The predicted molar refractivity (Wildman–Crippen MR) is 110 cm³/mol. The van der Waals surface area contributed by atoms with Gasteiger partial charge in [0.2, 0.25) is 0 Å². The van der Waals surface area contributed by atoms with Crippen molar-refractivity contribution in [1.82, 2.24) is 9.99 Å². The number of rotatable bonds is 5. The fraction of sp³-hybridized carbons (Fsp3) is 0.350. The Morgan fingerprint density at radius 2 is 1.82 bits per heavy atom. The Morgan fingerprint density at radius 3 is 2.46 bits per heavy atom. The molecular weight excluding hydrogens is 377 g/mol. The van der Waals surface area contributed by atoms with Crippen molar-refractivity contribution in [1.29, 1.82) is 0 Å². The van der Waals surface area contributed by atoms with E-state index in [-0.39, 0.29) is 12.4 Å². The first-order chi connectivity index (χ1) is 13.4. The number of carbonyl (C=O) groups excluding carboxylic acids is 1. The molecule has 150 valence electrons. The van der Waals surface area contributed by atoms with Gasteiger partial charge in [-0.05, 0) is 31.8 Å². The minimum absolute atomic E-state index is 0.0144. The number of nitrogens with zero attached hydrogens (tertiary/aromatic N) is 2. The molecule has 0 bridgehead atoms. The van der Waals surface area contributed by atoms with Crippen LogP contribution in [0.2, 0.25) is 0 Å². The number of ether oxygens (including phenoxy) is 1. The number of benzene rings is 2. The van der Waals surface area contributed by atoms with Crippen LogP contribution in [0.15, 0.2) is 48.5 Å². The molecule has 1 aliphatic heterocycles. The molecule has 0 saturated heterocycles. The van der Waals surface area contributed by atoms with E-state index in [4.69, 9.17) is 9.26 Å². The van der Waals surface area contributed by atoms with Crippen LogP contribution < -0.4 is 10.2 Å². The van der Waals surface area contributed by atoms with Crippen molar-refractivity contribution in [3.63, 3.8) is 0 Å². The lowest BCUT2D eigenvalue weighted by Gasteiger charge is -2.29. The van der Waals surface area contributed by atoms with Crippen molar-refractivity contribution in [2.75, 3.05) is 39.5 Å². The average Bonchev–Trinajstić information content (AvgIpc) is 2.82. The number of hydrogen-bond donors (Lipinski definition) is 1. The molecule has 2 aromatic carbocycles. The number of hydrogen-bond acceptors (Lipinski definition) is 4. The zero-order valence-electron chi connectivity index (χ0n) is 16.6. The first-order valence-electron chi connectivity index (χ1n) is 9.04. The Balaban J connectivity index is 2.15. The van der Waals surface area contributed by atoms with Crippen molar-refractivity contribution in [2.24, 2.45) is 0 Å². The molecule has 0 aromatic heterocycles.